The van der Waals surface area contributed by atoms with Crippen molar-refractivity contribution >= 4 is 23.9 Å². The maximum absolute atomic E-state index is 5.95. The molecule has 1 aliphatic rings. The van der Waals surface area contributed by atoms with Crippen molar-refractivity contribution in [3.8, 4) is 0 Å². The zero-order valence-electron chi connectivity index (χ0n) is 11.5. The highest BCUT2D eigenvalue weighted by atomic mass is 16.7. The monoisotopic (exact) mass is 257 g/mol. The Labute approximate surface area is 112 Å². The van der Waals surface area contributed by atoms with Gasteiger partial charge in [0.1, 0.15) is 5.52 Å². The predicted octanol–water partition coefficient (Wildman–Crippen LogP) is 1.32. The lowest BCUT2D eigenvalue weighted by molar-refractivity contribution is 0.00578. The fourth-order valence-corrected chi connectivity index (χ4v) is 1.95. The summed E-state index contributed by atoms with van der Waals surface area (Å²) in [5.41, 5.74) is 1.31. The maximum atomic E-state index is 5.95. The normalized spacial score (nSPS) is 20.9. The number of hydrogen-bond donors (Lipinski definition) is 0. The van der Waals surface area contributed by atoms with Crippen LogP contribution in [0.1, 0.15) is 27.7 Å². The third-order valence-corrected chi connectivity index (χ3v) is 3.83. The summed E-state index contributed by atoms with van der Waals surface area (Å²) in [5, 5.41) is 0. The number of rotatable bonds is 1. The van der Waals surface area contributed by atoms with E-state index >= 15 is 0 Å². The Morgan fingerprint density at radius 2 is 1.74 bits per heavy atom. The van der Waals surface area contributed by atoms with Crippen molar-refractivity contribution in [1.82, 2.24) is 15.0 Å². The van der Waals surface area contributed by atoms with Gasteiger partial charge in [-0.25, -0.2) is 9.97 Å². The van der Waals surface area contributed by atoms with E-state index in [9.17, 15) is 0 Å². The number of aromatic nitrogens is 3. The van der Waals surface area contributed by atoms with Gasteiger partial charge in [-0.3, -0.25) is 4.98 Å². The SMILES string of the molecule is CC1(C)OB(c2cnc3ncccc3n2)OC1(C)C. The summed E-state index contributed by atoms with van der Waals surface area (Å²) in [6, 6.07) is 3.72. The van der Waals surface area contributed by atoms with Crippen molar-refractivity contribution in [3.63, 3.8) is 0 Å². The topological polar surface area (TPSA) is 57.1 Å². The van der Waals surface area contributed by atoms with Crippen molar-refractivity contribution in [1.29, 1.82) is 0 Å². The van der Waals surface area contributed by atoms with Crippen molar-refractivity contribution in [2.45, 2.75) is 38.9 Å². The summed E-state index contributed by atoms with van der Waals surface area (Å²) in [6.45, 7) is 8.07. The maximum Gasteiger partial charge on any atom is 0.516 e. The fraction of sp³-hybridized carbons (Fsp3) is 0.462. The second-order valence-electron chi connectivity index (χ2n) is 5.73. The first kappa shape index (κ1) is 12.5. The van der Waals surface area contributed by atoms with Crippen LogP contribution in [0.5, 0.6) is 0 Å². The van der Waals surface area contributed by atoms with Crippen molar-refractivity contribution in [2.24, 2.45) is 0 Å². The molecule has 0 N–H and O–H groups in total. The average Bonchev–Trinajstić information content (AvgIpc) is 2.58. The van der Waals surface area contributed by atoms with Gasteiger partial charge < -0.3 is 9.31 Å². The standard InChI is InChI=1S/C13H16BN3O2/c1-12(2)13(3,4)19-14(18-12)10-8-16-11-9(17-10)6-5-7-15-11/h5-8H,1-4H3. The van der Waals surface area contributed by atoms with Gasteiger partial charge in [0, 0.05) is 12.4 Å². The van der Waals surface area contributed by atoms with Gasteiger partial charge >= 0.3 is 7.12 Å². The van der Waals surface area contributed by atoms with Crippen LogP contribution in [-0.2, 0) is 9.31 Å². The van der Waals surface area contributed by atoms with Gasteiger partial charge in [-0.05, 0) is 39.8 Å². The van der Waals surface area contributed by atoms with Crippen LogP contribution in [0.25, 0.3) is 11.2 Å². The zero-order valence-corrected chi connectivity index (χ0v) is 11.5. The average molecular weight is 257 g/mol. The first-order chi connectivity index (χ1) is 8.89. The summed E-state index contributed by atoms with van der Waals surface area (Å²) in [5.74, 6) is 0. The Balaban J connectivity index is 1.98. The zero-order chi connectivity index (χ0) is 13.7. The summed E-state index contributed by atoms with van der Waals surface area (Å²) in [4.78, 5) is 13.0. The first-order valence-electron chi connectivity index (χ1n) is 6.32. The van der Waals surface area contributed by atoms with Gasteiger partial charge in [-0.2, -0.15) is 0 Å². The second kappa shape index (κ2) is 3.98. The van der Waals surface area contributed by atoms with E-state index in [1.54, 1.807) is 12.4 Å². The molecule has 1 saturated heterocycles. The highest BCUT2D eigenvalue weighted by Crippen LogP contribution is 2.36. The van der Waals surface area contributed by atoms with E-state index in [-0.39, 0.29) is 11.2 Å². The molecule has 0 saturated carbocycles. The van der Waals surface area contributed by atoms with Crippen LogP contribution in [0.15, 0.2) is 24.5 Å². The summed E-state index contributed by atoms with van der Waals surface area (Å²) in [7, 11) is -0.484. The number of pyridine rings is 1. The third kappa shape index (κ3) is 2.01. The van der Waals surface area contributed by atoms with Crippen LogP contribution in [0, 0.1) is 0 Å². The molecule has 2 aromatic rings. The third-order valence-electron chi connectivity index (χ3n) is 3.83. The Kier molecular flexibility index (Phi) is 2.62. The minimum atomic E-state index is -0.484. The molecule has 0 bridgehead atoms. The molecule has 3 rings (SSSR count). The lowest BCUT2D eigenvalue weighted by Gasteiger charge is -2.32. The molecule has 0 radical (unpaired) electrons. The van der Waals surface area contributed by atoms with Crippen LogP contribution < -0.4 is 5.59 Å². The summed E-state index contributed by atoms with van der Waals surface area (Å²) < 4.78 is 11.9. The smallest absolute Gasteiger partial charge is 0.398 e. The molecule has 2 aromatic heterocycles. The second-order valence-corrected chi connectivity index (χ2v) is 5.73. The molecule has 0 aromatic carbocycles. The molecule has 5 nitrogen and oxygen atoms in total. The van der Waals surface area contributed by atoms with E-state index in [1.807, 2.05) is 39.8 Å². The summed E-state index contributed by atoms with van der Waals surface area (Å²) in [6.07, 6.45) is 3.36. The lowest BCUT2D eigenvalue weighted by Crippen LogP contribution is -2.41. The Hall–Kier alpha value is -1.53. The molecular weight excluding hydrogens is 241 g/mol. The van der Waals surface area contributed by atoms with Gasteiger partial charge in [-0.15, -0.1) is 0 Å². The first-order valence-corrected chi connectivity index (χ1v) is 6.32. The highest BCUT2D eigenvalue weighted by Gasteiger charge is 2.52. The molecule has 0 aliphatic carbocycles. The largest absolute Gasteiger partial charge is 0.516 e. The van der Waals surface area contributed by atoms with E-state index in [0.29, 0.717) is 11.2 Å². The van der Waals surface area contributed by atoms with Crippen LogP contribution in [0.3, 0.4) is 0 Å². The van der Waals surface area contributed by atoms with E-state index in [0.717, 1.165) is 5.52 Å². The van der Waals surface area contributed by atoms with Crippen molar-refractivity contribution in [2.75, 3.05) is 0 Å². The van der Waals surface area contributed by atoms with Crippen molar-refractivity contribution < 1.29 is 9.31 Å². The van der Waals surface area contributed by atoms with E-state index in [4.69, 9.17) is 9.31 Å². The van der Waals surface area contributed by atoms with Crippen LogP contribution in [0.2, 0.25) is 0 Å². The molecule has 3 heterocycles. The lowest BCUT2D eigenvalue weighted by atomic mass is 9.85. The van der Waals surface area contributed by atoms with E-state index in [2.05, 4.69) is 15.0 Å². The molecule has 98 valence electrons. The van der Waals surface area contributed by atoms with Crippen LogP contribution >= 0.6 is 0 Å². The Morgan fingerprint density at radius 3 is 2.42 bits per heavy atom. The van der Waals surface area contributed by atoms with Gasteiger partial charge in [0.2, 0.25) is 0 Å². The van der Waals surface area contributed by atoms with Gasteiger partial charge in [0.05, 0.1) is 16.8 Å². The number of hydrogen-bond acceptors (Lipinski definition) is 5. The van der Waals surface area contributed by atoms with Crippen molar-refractivity contribution in [3.05, 3.63) is 24.5 Å². The minimum absolute atomic E-state index is 0.372. The quantitative estimate of drug-likeness (QED) is 0.721. The molecular formula is C13H16BN3O2. The van der Waals surface area contributed by atoms with Crippen LogP contribution in [-0.4, -0.2) is 33.3 Å². The molecule has 1 aliphatic heterocycles. The van der Waals surface area contributed by atoms with E-state index in [1.165, 1.54) is 0 Å². The van der Waals surface area contributed by atoms with Gasteiger partial charge in [0.25, 0.3) is 0 Å². The highest BCUT2D eigenvalue weighted by molar-refractivity contribution is 6.61. The number of fused-ring (bicyclic) bond motifs is 1. The Morgan fingerprint density at radius 1 is 1.05 bits per heavy atom. The molecule has 1 fully saturated rings. The molecule has 0 unspecified atom stereocenters. The van der Waals surface area contributed by atoms with Crippen LogP contribution in [0.4, 0.5) is 0 Å². The molecule has 6 heteroatoms. The minimum Gasteiger partial charge on any atom is -0.398 e. The van der Waals surface area contributed by atoms with E-state index < -0.39 is 7.12 Å². The Bertz CT molecular complexity index is 614. The number of nitrogens with zero attached hydrogens (tertiary/aromatic N) is 3. The molecule has 0 atom stereocenters. The summed E-state index contributed by atoms with van der Waals surface area (Å²) >= 11 is 0. The fourth-order valence-electron chi connectivity index (χ4n) is 1.95. The predicted molar refractivity (Wildman–Crippen MR) is 73.0 cm³/mol. The van der Waals surface area contributed by atoms with Gasteiger partial charge in [0.15, 0.2) is 5.65 Å². The molecule has 0 amide bonds. The van der Waals surface area contributed by atoms with Gasteiger partial charge in [-0.1, -0.05) is 0 Å². The molecule has 0 spiro atoms. The molecule has 19 heavy (non-hydrogen) atoms.